The quantitative estimate of drug-likeness (QED) is 0.284. The van der Waals surface area contributed by atoms with E-state index in [1.807, 2.05) is 26.8 Å². The Balaban J connectivity index is 0.000000269. The topological polar surface area (TPSA) is 49.8 Å². The van der Waals surface area contributed by atoms with Crippen LogP contribution >= 0.6 is 11.3 Å². The van der Waals surface area contributed by atoms with Crippen molar-refractivity contribution in [3.63, 3.8) is 0 Å². The van der Waals surface area contributed by atoms with E-state index in [0.717, 1.165) is 61.3 Å². The van der Waals surface area contributed by atoms with E-state index in [2.05, 4.69) is 41.0 Å². The molecule has 6 heteroatoms. The molecule has 3 unspecified atom stereocenters. The number of fused-ring (bicyclic) bond motifs is 4. The largest absolute Gasteiger partial charge is 0.742 e. The average Bonchev–Trinajstić information content (AvgIpc) is 3.63. The van der Waals surface area contributed by atoms with Crippen molar-refractivity contribution in [1.82, 2.24) is 0 Å². The smallest absolute Gasteiger partial charge is 0.171 e. The van der Waals surface area contributed by atoms with E-state index >= 15 is 0 Å². The summed E-state index contributed by atoms with van der Waals surface area (Å²) in [6, 6.07) is 2.06. The first kappa shape index (κ1) is 24.8. The van der Waals surface area contributed by atoms with Gasteiger partial charge in [0, 0.05) is 43.5 Å². The molecule has 1 aromatic heterocycles. The number of allylic oxidation sites excluding steroid dienone is 6. The number of rotatable bonds is 3. The molecule has 0 N–H and O–H groups in total. The minimum Gasteiger partial charge on any atom is -0.742 e. The predicted octanol–water partition coefficient (Wildman–Crippen LogP) is 9.35. The van der Waals surface area contributed by atoms with Gasteiger partial charge in [0.15, 0.2) is 6.23 Å². The second-order valence-corrected chi connectivity index (χ2v) is 13.8. The van der Waals surface area contributed by atoms with Crippen LogP contribution in [-0.4, -0.2) is 24.5 Å². The molecule has 4 nitrogen and oxygen atoms in total. The first-order valence-corrected chi connectivity index (χ1v) is 15.9. The summed E-state index contributed by atoms with van der Waals surface area (Å²) in [7, 11) is 0. The summed E-state index contributed by atoms with van der Waals surface area (Å²) in [5.41, 5.74) is 4.66. The van der Waals surface area contributed by atoms with Crippen LogP contribution in [0.15, 0.2) is 51.9 Å². The third-order valence-electron chi connectivity index (χ3n) is 8.44. The van der Waals surface area contributed by atoms with Crippen LogP contribution in [0.1, 0.15) is 101 Å². The van der Waals surface area contributed by atoms with Gasteiger partial charge in [-0.1, -0.05) is 46.5 Å². The SMILES string of the molecule is [2H]C([2H])([2H])C1=NC2OC3=C([C@H]4Cc5cc(C([2H])([2H])C(C)(C)C)sc5C[N-]4)[CH-]CCC3C2CC1.[C-]1=C(C2=CCCC[N-]2)CCC=C1.[Ir]. The molecular weight excluding hydrogens is 703 g/mol. The normalized spacial score (nSPS) is 31.0. The van der Waals surface area contributed by atoms with Crippen molar-refractivity contribution >= 4 is 17.0 Å². The fourth-order valence-electron chi connectivity index (χ4n) is 6.57. The van der Waals surface area contributed by atoms with Crippen LogP contribution < -0.4 is 0 Å². The van der Waals surface area contributed by atoms with Gasteiger partial charge >= 0.3 is 0 Å². The third-order valence-corrected chi connectivity index (χ3v) is 9.52. The summed E-state index contributed by atoms with van der Waals surface area (Å²) < 4.78 is 46.8. The Morgan fingerprint density at radius 1 is 1.27 bits per heavy atom. The molecule has 0 amide bonds. The number of thiophene rings is 1. The van der Waals surface area contributed by atoms with Crippen LogP contribution in [0.3, 0.4) is 0 Å². The van der Waals surface area contributed by atoms with Gasteiger partial charge in [0.2, 0.25) is 0 Å². The maximum absolute atomic E-state index is 8.65. The van der Waals surface area contributed by atoms with Gasteiger partial charge in [-0.15, -0.1) is 36.9 Å². The predicted molar refractivity (Wildman–Crippen MR) is 167 cm³/mol. The summed E-state index contributed by atoms with van der Waals surface area (Å²) in [6.45, 7) is 5.29. The standard InChI is InChI=1S/C24H32N2OS.C11H13N.Ir/c1-14-8-9-18-17-6-5-7-19(22(17)27-23(18)26-14)20-11-15-10-16(12-24(2,3)4)28-21(15)13-25-20;1-2-6-10(7-3-1)11-8-4-5-9-12-11;/h7,10,17-18,20,23H,5-6,8-9,11-13H2,1-4H3;1-2,8H,3-5,7,9H2;/q2*-2;/t17?,18?,20-,23?;;/m1../s1/i1D3,12D2;;. The maximum atomic E-state index is 8.65. The van der Waals surface area contributed by atoms with Gasteiger partial charge in [-0.05, 0) is 72.5 Å². The molecule has 1 fully saturated rings. The first-order valence-electron chi connectivity index (χ1n) is 17.6. The van der Waals surface area contributed by atoms with Crippen LogP contribution in [0.2, 0.25) is 0 Å². The van der Waals surface area contributed by atoms with Crippen LogP contribution in [0, 0.1) is 29.7 Å². The maximum Gasteiger partial charge on any atom is 0.171 e. The zero-order valence-corrected chi connectivity index (χ0v) is 27.7. The van der Waals surface area contributed by atoms with E-state index in [9.17, 15) is 0 Å². The minimum atomic E-state index is -2.14. The Bertz CT molecular complexity index is 1430. The summed E-state index contributed by atoms with van der Waals surface area (Å²) in [4.78, 5) is 6.47. The fourth-order valence-corrected chi connectivity index (χ4v) is 7.80. The molecule has 4 aliphatic heterocycles. The van der Waals surface area contributed by atoms with Crippen LogP contribution in [0.25, 0.3) is 10.6 Å². The van der Waals surface area contributed by atoms with Crippen LogP contribution in [-0.2, 0) is 44.2 Å². The van der Waals surface area contributed by atoms with Crippen molar-refractivity contribution in [2.45, 2.75) is 111 Å². The number of ether oxygens (including phenoxy) is 1. The van der Waals surface area contributed by atoms with E-state index in [1.54, 1.807) is 11.3 Å². The van der Waals surface area contributed by atoms with Crippen molar-refractivity contribution in [3.8, 4) is 0 Å². The van der Waals surface area contributed by atoms with Gasteiger partial charge in [-0.25, -0.2) is 12.1 Å². The van der Waals surface area contributed by atoms with E-state index in [0.29, 0.717) is 24.6 Å². The second kappa shape index (κ2) is 13.4. The van der Waals surface area contributed by atoms with Crippen molar-refractivity contribution in [2.24, 2.45) is 22.2 Å². The van der Waals surface area contributed by atoms with Crippen molar-refractivity contribution < 1.29 is 31.7 Å². The van der Waals surface area contributed by atoms with Gasteiger partial charge in [-0.2, -0.15) is 35.5 Å². The van der Waals surface area contributed by atoms with E-state index < -0.39 is 18.6 Å². The fraction of sp³-hybridized carbons (Fsp3) is 0.600. The average molecular weight is 753 g/mol. The van der Waals surface area contributed by atoms with Gasteiger partial charge in [0.05, 0.1) is 0 Å². The van der Waals surface area contributed by atoms with Gasteiger partial charge < -0.3 is 15.4 Å². The molecule has 225 valence electrons. The summed E-state index contributed by atoms with van der Waals surface area (Å²) >= 11 is 1.56. The van der Waals surface area contributed by atoms with Crippen molar-refractivity contribution in [3.05, 3.63) is 85.3 Å². The first-order chi connectivity index (χ1) is 21.3. The number of aliphatic imine (C=N–C) groups is 1. The van der Waals surface area contributed by atoms with E-state index in [4.69, 9.17) is 16.9 Å². The van der Waals surface area contributed by atoms with E-state index in [-0.39, 0.29) is 38.3 Å². The van der Waals surface area contributed by atoms with Gasteiger partial charge in [0.25, 0.3) is 0 Å². The molecule has 0 bridgehead atoms. The minimum absolute atomic E-state index is 0. The Morgan fingerprint density at radius 3 is 2.93 bits per heavy atom. The molecule has 5 heterocycles. The Morgan fingerprint density at radius 2 is 2.17 bits per heavy atom. The molecule has 6 aliphatic rings. The second-order valence-electron chi connectivity index (χ2n) is 12.7. The molecule has 0 aromatic carbocycles. The molecule has 1 saturated heterocycles. The molecule has 41 heavy (non-hydrogen) atoms. The molecule has 0 saturated carbocycles. The Labute approximate surface area is 272 Å². The molecule has 2 aliphatic carbocycles. The molecule has 1 radical (unpaired) electrons. The van der Waals surface area contributed by atoms with Crippen molar-refractivity contribution in [2.75, 3.05) is 6.54 Å². The number of hydrogen-bond acceptors (Lipinski definition) is 3. The molecule has 4 atom stereocenters. The third kappa shape index (κ3) is 7.32. The van der Waals surface area contributed by atoms with Crippen molar-refractivity contribution in [1.29, 1.82) is 0 Å². The zero-order valence-electron chi connectivity index (χ0n) is 29.5. The van der Waals surface area contributed by atoms with Gasteiger partial charge in [0.1, 0.15) is 0 Å². The molecule has 1 aromatic rings. The number of hydrogen-bond donors (Lipinski definition) is 0. The summed E-state index contributed by atoms with van der Waals surface area (Å²) in [5.74, 6) is 1.52. The molecular formula is C35H45IrN3OS-4. The number of nitrogens with zero attached hydrogens (tertiary/aromatic N) is 3. The molecule has 0 spiro atoms. The molecule has 7 rings (SSSR count). The monoisotopic (exact) mass is 753 g/mol. The Hall–Kier alpha value is -1.59. The van der Waals surface area contributed by atoms with E-state index in [1.165, 1.54) is 34.6 Å². The zero-order chi connectivity index (χ0) is 32.0. The summed E-state index contributed by atoms with van der Waals surface area (Å²) in [5, 5.41) is 9.46. The Kier molecular flexibility index (Phi) is 8.09. The van der Waals surface area contributed by atoms with Gasteiger partial charge in [-0.3, -0.25) is 4.99 Å². The summed E-state index contributed by atoms with van der Waals surface area (Å²) in [6.07, 6.45) is 18.9. The van der Waals surface area contributed by atoms with Crippen LogP contribution in [0.4, 0.5) is 0 Å². The van der Waals surface area contributed by atoms with Crippen LogP contribution in [0.5, 0.6) is 0 Å².